The lowest BCUT2D eigenvalue weighted by atomic mass is 9.85. The number of carbonyl (C=O) groups is 5. The summed E-state index contributed by atoms with van der Waals surface area (Å²) in [4.78, 5) is 62.8. The molecule has 0 bridgehead atoms. The Labute approximate surface area is 214 Å². The van der Waals surface area contributed by atoms with Crippen LogP contribution in [0.4, 0.5) is 4.39 Å². The number of rotatable bonds is 10. The Balaban J connectivity index is 1.76. The number of amides is 4. The number of ketones is 1. The first kappa shape index (κ1) is 27.4. The maximum absolute atomic E-state index is 14.6. The lowest BCUT2D eigenvalue weighted by molar-refractivity contribution is -0.137. The van der Waals surface area contributed by atoms with Crippen LogP contribution in [0.1, 0.15) is 44.4 Å². The summed E-state index contributed by atoms with van der Waals surface area (Å²) in [6.07, 6.45) is 0.816. The highest BCUT2D eigenvalue weighted by molar-refractivity contribution is 6.16. The van der Waals surface area contributed by atoms with E-state index in [1.165, 1.54) is 6.92 Å². The van der Waals surface area contributed by atoms with Crippen molar-refractivity contribution in [2.45, 2.75) is 39.3 Å². The third-order valence-corrected chi connectivity index (χ3v) is 6.25. The van der Waals surface area contributed by atoms with Gasteiger partial charge in [0.05, 0.1) is 24.4 Å². The van der Waals surface area contributed by atoms with Crippen LogP contribution >= 0.6 is 0 Å². The SMILES string of the molecule is CC(C)[C@H](NC(=O)C[C@H](NC(=O)/C(F)=C/c1ccccc1)c1ccccc1)C(=O)[C@@H]1C(=O)NC(=O)[C@H]1C. The number of imide groups is 1. The van der Waals surface area contributed by atoms with Crippen LogP contribution < -0.4 is 16.0 Å². The molecule has 2 aromatic carbocycles. The molecule has 1 saturated heterocycles. The summed E-state index contributed by atoms with van der Waals surface area (Å²) in [5.41, 5.74) is 1.08. The number of hydrogen-bond donors (Lipinski definition) is 3. The second kappa shape index (κ2) is 12.2. The molecule has 37 heavy (non-hydrogen) atoms. The van der Waals surface area contributed by atoms with E-state index in [0.717, 1.165) is 6.08 Å². The quantitative estimate of drug-likeness (QED) is 0.259. The molecule has 1 aliphatic heterocycles. The van der Waals surface area contributed by atoms with Crippen LogP contribution in [-0.2, 0) is 24.0 Å². The molecule has 0 unspecified atom stereocenters. The van der Waals surface area contributed by atoms with Crippen molar-refractivity contribution in [2.75, 3.05) is 0 Å². The van der Waals surface area contributed by atoms with Crippen LogP contribution in [0.25, 0.3) is 6.08 Å². The van der Waals surface area contributed by atoms with Crippen LogP contribution in [0.15, 0.2) is 66.5 Å². The minimum absolute atomic E-state index is 0.282. The van der Waals surface area contributed by atoms with Gasteiger partial charge in [0.2, 0.25) is 17.7 Å². The summed E-state index contributed by atoms with van der Waals surface area (Å²) in [6.45, 7) is 4.91. The first-order valence-corrected chi connectivity index (χ1v) is 12.0. The Morgan fingerprint density at radius 1 is 0.946 bits per heavy atom. The van der Waals surface area contributed by atoms with E-state index in [4.69, 9.17) is 0 Å². The molecule has 0 radical (unpaired) electrons. The van der Waals surface area contributed by atoms with Gasteiger partial charge in [-0.25, -0.2) is 4.39 Å². The second-order valence-electron chi connectivity index (χ2n) is 9.36. The monoisotopic (exact) mass is 507 g/mol. The highest BCUT2D eigenvalue weighted by Crippen LogP contribution is 2.24. The topological polar surface area (TPSA) is 121 Å². The Hall–Kier alpha value is -4.14. The maximum atomic E-state index is 14.6. The van der Waals surface area contributed by atoms with E-state index in [9.17, 15) is 28.4 Å². The van der Waals surface area contributed by atoms with E-state index in [1.807, 2.05) is 0 Å². The van der Waals surface area contributed by atoms with E-state index in [2.05, 4.69) is 16.0 Å². The minimum Gasteiger partial charge on any atom is -0.346 e. The van der Waals surface area contributed by atoms with Gasteiger partial charge in [-0.15, -0.1) is 0 Å². The van der Waals surface area contributed by atoms with Crippen molar-refractivity contribution in [3.05, 3.63) is 77.6 Å². The average molecular weight is 508 g/mol. The number of nitrogens with one attached hydrogen (secondary N) is 3. The average Bonchev–Trinajstić information content (AvgIpc) is 3.13. The fourth-order valence-electron chi connectivity index (χ4n) is 4.17. The fraction of sp³-hybridized carbons (Fsp3) is 0.321. The third-order valence-electron chi connectivity index (χ3n) is 6.25. The number of Topliss-reactive ketones (excluding diaryl/α,β-unsaturated/α-hetero) is 1. The fourth-order valence-corrected chi connectivity index (χ4v) is 4.17. The van der Waals surface area contributed by atoms with E-state index in [1.54, 1.807) is 74.5 Å². The van der Waals surface area contributed by atoms with Gasteiger partial charge < -0.3 is 10.6 Å². The molecule has 2 aromatic rings. The van der Waals surface area contributed by atoms with Crippen LogP contribution in [0.2, 0.25) is 0 Å². The smallest absolute Gasteiger partial charge is 0.280 e. The summed E-state index contributed by atoms with van der Waals surface area (Å²) >= 11 is 0. The van der Waals surface area contributed by atoms with Gasteiger partial charge in [-0.1, -0.05) is 81.4 Å². The molecule has 1 aliphatic rings. The van der Waals surface area contributed by atoms with Crippen LogP contribution in [0.5, 0.6) is 0 Å². The molecule has 0 aromatic heterocycles. The Morgan fingerprint density at radius 2 is 1.54 bits per heavy atom. The van der Waals surface area contributed by atoms with Gasteiger partial charge in [0.25, 0.3) is 5.91 Å². The normalized spacial score (nSPS) is 19.2. The van der Waals surface area contributed by atoms with Crippen LogP contribution in [0.3, 0.4) is 0 Å². The standard InChI is InChI=1S/C28H30FN3O5/c1-16(2)24(25(34)23-17(3)26(35)32-28(23)37)31-22(33)15-21(19-12-8-5-9-13-19)30-27(36)20(29)14-18-10-6-4-7-11-18/h4-14,16-17,21,23-24H,15H2,1-3H3,(H,30,36)(H,31,33)(H,32,35,37)/b20-14-/t17-,21-,23+,24-/m0/s1. The zero-order valence-corrected chi connectivity index (χ0v) is 20.9. The van der Waals surface area contributed by atoms with Gasteiger partial charge in [-0.3, -0.25) is 29.3 Å². The first-order chi connectivity index (χ1) is 17.6. The maximum Gasteiger partial charge on any atom is 0.280 e. The van der Waals surface area contributed by atoms with E-state index in [-0.39, 0.29) is 12.3 Å². The molecule has 3 rings (SSSR count). The van der Waals surface area contributed by atoms with Crippen molar-refractivity contribution in [1.82, 2.24) is 16.0 Å². The van der Waals surface area contributed by atoms with Crippen LogP contribution in [0, 0.1) is 17.8 Å². The molecule has 4 atom stereocenters. The van der Waals surface area contributed by atoms with E-state index in [0.29, 0.717) is 11.1 Å². The number of benzene rings is 2. The molecule has 194 valence electrons. The lowest BCUT2D eigenvalue weighted by Gasteiger charge is -2.26. The van der Waals surface area contributed by atoms with Crippen molar-refractivity contribution >= 4 is 35.5 Å². The predicted octanol–water partition coefficient (Wildman–Crippen LogP) is 2.86. The van der Waals surface area contributed by atoms with Gasteiger partial charge in [0.1, 0.15) is 5.92 Å². The highest BCUT2D eigenvalue weighted by atomic mass is 19.1. The lowest BCUT2D eigenvalue weighted by Crippen LogP contribution is -2.49. The van der Waals surface area contributed by atoms with E-state index >= 15 is 0 Å². The van der Waals surface area contributed by atoms with E-state index < -0.39 is 59.2 Å². The highest BCUT2D eigenvalue weighted by Gasteiger charge is 2.46. The van der Waals surface area contributed by atoms with Gasteiger partial charge >= 0.3 is 0 Å². The van der Waals surface area contributed by atoms with Gasteiger partial charge in [0, 0.05) is 0 Å². The summed E-state index contributed by atoms with van der Waals surface area (Å²) in [5, 5.41) is 7.35. The minimum atomic E-state index is -1.19. The van der Waals surface area contributed by atoms with Gasteiger partial charge in [0.15, 0.2) is 11.6 Å². The Kier molecular flexibility index (Phi) is 9.05. The zero-order valence-electron chi connectivity index (χ0n) is 20.9. The molecule has 4 amide bonds. The number of carbonyl (C=O) groups excluding carboxylic acids is 5. The van der Waals surface area contributed by atoms with Crippen molar-refractivity contribution in [3.8, 4) is 0 Å². The first-order valence-electron chi connectivity index (χ1n) is 12.0. The molecule has 8 nitrogen and oxygen atoms in total. The van der Waals surface area contributed by atoms with Gasteiger partial charge in [-0.2, -0.15) is 0 Å². The second-order valence-corrected chi connectivity index (χ2v) is 9.36. The zero-order chi connectivity index (χ0) is 27.1. The summed E-state index contributed by atoms with van der Waals surface area (Å²) in [7, 11) is 0. The summed E-state index contributed by atoms with van der Waals surface area (Å²) in [5.74, 6) is -6.76. The van der Waals surface area contributed by atoms with Crippen molar-refractivity contribution in [3.63, 3.8) is 0 Å². The Morgan fingerprint density at radius 3 is 2.08 bits per heavy atom. The van der Waals surface area contributed by atoms with Gasteiger partial charge in [-0.05, 0) is 23.1 Å². The largest absolute Gasteiger partial charge is 0.346 e. The van der Waals surface area contributed by atoms with Crippen molar-refractivity contribution in [1.29, 1.82) is 0 Å². The molecule has 0 saturated carbocycles. The Bertz CT molecular complexity index is 1200. The van der Waals surface area contributed by atoms with Crippen molar-refractivity contribution < 1.29 is 28.4 Å². The molecule has 0 aliphatic carbocycles. The summed E-state index contributed by atoms with van der Waals surface area (Å²) in [6, 6.07) is 15.2. The van der Waals surface area contributed by atoms with Crippen LogP contribution in [-0.4, -0.2) is 35.5 Å². The predicted molar refractivity (Wildman–Crippen MR) is 135 cm³/mol. The molecule has 1 heterocycles. The molecular formula is C28H30FN3O5. The number of halogens is 1. The third kappa shape index (κ3) is 6.97. The van der Waals surface area contributed by atoms with Crippen molar-refractivity contribution in [2.24, 2.45) is 17.8 Å². The molecule has 1 fully saturated rings. The molecule has 0 spiro atoms. The molecule has 9 heteroatoms. The summed E-state index contributed by atoms with van der Waals surface area (Å²) < 4.78 is 14.6. The molecule has 3 N–H and O–H groups in total. The molecular weight excluding hydrogens is 477 g/mol. The number of hydrogen-bond acceptors (Lipinski definition) is 5.